The van der Waals surface area contributed by atoms with Crippen LogP contribution in [-0.2, 0) is 0 Å². The highest BCUT2D eigenvalue weighted by molar-refractivity contribution is 6.26. The van der Waals surface area contributed by atoms with Crippen LogP contribution in [0.3, 0.4) is 0 Å². The van der Waals surface area contributed by atoms with Gasteiger partial charge in [-0.1, -0.05) is 50.2 Å². The van der Waals surface area contributed by atoms with Gasteiger partial charge in [0.05, 0.1) is 11.6 Å². The monoisotopic (exact) mass is 406 g/mol. The molecular weight excluding hydrogens is 384 g/mol. The van der Waals surface area contributed by atoms with Crippen LogP contribution in [0.1, 0.15) is 70.0 Å². The Morgan fingerprint density at radius 1 is 0.806 bits per heavy atom. The fraction of sp³-hybridized carbons (Fsp3) is 0.222. The molecule has 1 heterocycles. The van der Waals surface area contributed by atoms with Gasteiger partial charge in [0.25, 0.3) is 11.8 Å². The van der Waals surface area contributed by atoms with Crippen molar-refractivity contribution < 1.29 is 9.59 Å². The lowest BCUT2D eigenvalue weighted by molar-refractivity contribution is 0.0608. The molecule has 0 aromatic heterocycles. The Morgan fingerprint density at radius 2 is 1.52 bits per heavy atom. The number of nitriles is 1. The van der Waals surface area contributed by atoms with Gasteiger partial charge in [-0.15, -0.1) is 0 Å². The Kier molecular flexibility index (Phi) is 5.83. The highest BCUT2D eigenvalue weighted by atomic mass is 16.2. The maximum atomic E-state index is 13.1. The number of carbonyl (C=O) groups excluding carboxylic acids is 2. The molecule has 3 aromatic rings. The zero-order valence-electron chi connectivity index (χ0n) is 17.4. The maximum absolute atomic E-state index is 13.1. The van der Waals surface area contributed by atoms with Gasteiger partial charge in [-0.05, 0) is 54.3 Å². The molecule has 2 amide bonds. The normalized spacial score (nSPS) is 12.5. The molecule has 0 saturated heterocycles. The predicted octanol–water partition coefficient (Wildman–Crippen LogP) is 5.29. The minimum absolute atomic E-state index is 0.225. The molecule has 0 bridgehead atoms. The summed E-state index contributed by atoms with van der Waals surface area (Å²) < 4.78 is 0. The summed E-state index contributed by atoms with van der Waals surface area (Å²) in [4.78, 5) is 27.5. The second kappa shape index (κ2) is 8.86. The van der Waals surface area contributed by atoms with Crippen molar-refractivity contribution in [3.63, 3.8) is 0 Å². The fourth-order valence-corrected chi connectivity index (χ4v) is 3.92. The van der Waals surface area contributed by atoms with Crippen LogP contribution in [0.25, 0.3) is 10.8 Å². The highest BCUT2D eigenvalue weighted by Gasteiger charge is 2.32. The van der Waals surface area contributed by atoms with Crippen LogP contribution in [0.15, 0.2) is 54.6 Å². The lowest BCUT2D eigenvalue weighted by atomic mass is 9.91. The summed E-state index contributed by atoms with van der Waals surface area (Å²) in [5.41, 5.74) is 3.27. The van der Waals surface area contributed by atoms with Gasteiger partial charge in [0, 0.05) is 34.2 Å². The van der Waals surface area contributed by atoms with Crippen LogP contribution >= 0.6 is 0 Å². The molecule has 1 aliphatic heterocycles. The SMILES string of the molecule is CCCCCCN1C(=O)c2cccc3c(C#Cc4ccc(C#N)cc4)ccc(c23)C1=O. The van der Waals surface area contributed by atoms with Crippen molar-refractivity contribution in [2.75, 3.05) is 6.54 Å². The number of nitrogens with zero attached hydrogens (tertiary/aromatic N) is 2. The molecule has 0 fully saturated rings. The third-order valence-electron chi connectivity index (χ3n) is 5.58. The second-order valence-corrected chi connectivity index (χ2v) is 7.65. The van der Waals surface area contributed by atoms with Gasteiger partial charge in [-0.3, -0.25) is 14.5 Å². The van der Waals surface area contributed by atoms with E-state index in [1.54, 1.807) is 36.4 Å². The van der Waals surface area contributed by atoms with Crippen molar-refractivity contribution in [1.29, 1.82) is 5.26 Å². The van der Waals surface area contributed by atoms with E-state index < -0.39 is 0 Å². The van der Waals surface area contributed by atoms with Crippen LogP contribution in [0, 0.1) is 23.2 Å². The average molecular weight is 406 g/mol. The van der Waals surface area contributed by atoms with E-state index >= 15 is 0 Å². The second-order valence-electron chi connectivity index (χ2n) is 7.65. The molecule has 0 aliphatic carbocycles. The number of imide groups is 1. The van der Waals surface area contributed by atoms with Gasteiger partial charge in [0.2, 0.25) is 0 Å². The molecule has 0 atom stereocenters. The first-order valence-electron chi connectivity index (χ1n) is 10.6. The summed E-state index contributed by atoms with van der Waals surface area (Å²) in [5.74, 6) is 5.82. The minimum atomic E-state index is -0.225. The first-order valence-corrected chi connectivity index (χ1v) is 10.6. The molecule has 31 heavy (non-hydrogen) atoms. The third kappa shape index (κ3) is 3.93. The van der Waals surface area contributed by atoms with Crippen LogP contribution in [0.4, 0.5) is 0 Å². The first-order chi connectivity index (χ1) is 15.1. The molecule has 4 nitrogen and oxygen atoms in total. The first kappa shape index (κ1) is 20.4. The summed E-state index contributed by atoms with van der Waals surface area (Å²) in [7, 11) is 0. The lowest BCUT2D eigenvalue weighted by Crippen LogP contribution is -2.40. The summed E-state index contributed by atoms with van der Waals surface area (Å²) in [5, 5.41) is 10.4. The van der Waals surface area contributed by atoms with Crippen molar-refractivity contribution in [3.8, 4) is 17.9 Å². The maximum Gasteiger partial charge on any atom is 0.261 e. The van der Waals surface area contributed by atoms with Gasteiger partial charge in [0.15, 0.2) is 0 Å². The number of benzene rings is 3. The Balaban J connectivity index is 1.70. The summed E-state index contributed by atoms with van der Waals surface area (Å²) in [6.45, 7) is 2.59. The molecule has 0 spiro atoms. The van der Waals surface area contributed by atoms with E-state index in [9.17, 15) is 9.59 Å². The van der Waals surface area contributed by atoms with Gasteiger partial charge in [-0.2, -0.15) is 5.26 Å². The largest absolute Gasteiger partial charge is 0.274 e. The molecule has 4 heteroatoms. The zero-order chi connectivity index (χ0) is 21.8. The molecule has 4 rings (SSSR count). The predicted molar refractivity (Wildman–Crippen MR) is 121 cm³/mol. The van der Waals surface area contributed by atoms with E-state index in [-0.39, 0.29) is 11.8 Å². The number of carbonyl (C=O) groups is 2. The molecule has 0 N–H and O–H groups in total. The molecule has 1 aliphatic rings. The Hall–Kier alpha value is -3.89. The molecular formula is C27H22N2O2. The number of hydrogen-bond donors (Lipinski definition) is 0. The van der Waals surface area contributed by atoms with Crippen molar-refractivity contribution in [2.45, 2.75) is 32.6 Å². The third-order valence-corrected chi connectivity index (χ3v) is 5.58. The van der Waals surface area contributed by atoms with E-state index in [1.165, 1.54) is 4.90 Å². The van der Waals surface area contributed by atoms with Crippen molar-refractivity contribution >= 4 is 22.6 Å². The zero-order valence-corrected chi connectivity index (χ0v) is 17.4. The standard InChI is InChI=1S/C27H22N2O2/c1-2-3-4-5-17-29-26(30)23-8-6-7-22-21(15-16-24(25(22)23)27(29)31)14-13-19-9-11-20(18-28)12-10-19/h6-12,15-16H,2-5,17H2,1H3. The molecule has 3 aromatic carbocycles. The Morgan fingerprint density at radius 3 is 2.23 bits per heavy atom. The fourth-order valence-electron chi connectivity index (χ4n) is 3.92. The number of rotatable bonds is 5. The number of unbranched alkanes of at least 4 members (excludes halogenated alkanes) is 3. The van der Waals surface area contributed by atoms with E-state index in [2.05, 4.69) is 24.8 Å². The summed E-state index contributed by atoms with van der Waals surface area (Å²) in [6.07, 6.45) is 4.04. The molecule has 0 radical (unpaired) electrons. The quantitative estimate of drug-likeness (QED) is 0.329. The minimum Gasteiger partial charge on any atom is -0.274 e. The van der Waals surface area contributed by atoms with Crippen molar-refractivity contribution in [1.82, 2.24) is 4.90 Å². The van der Waals surface area contributed by atoms with E-state index in [0.29, 0.717) is 28.6 Å². The molecule has 0 saturated carbocycles. The average Bonchev–Trinajstić information content (AvgIpc) is 2.81. The van der Waals surface area contributed by atoms with Gasteiger partial charge in [-0.25, -0.2) is 0 Å². The van der Waals surface area contributed by atoms with Gasteiger partial charge >= 0.3 is 0 Å². The topological polar surface area (TPSA) is 61.2 Å². The molecule has 152 valence electrons. The van der Waals surface area contributed by atoms with E-state index in [1.807, 2.05) is 18.2 Å². The summed E-state index contributed by atoms with van der Waals surface area (Å²) in [6, 6.07) is 18.3. The van der Waals surface area contributed by atoms with Crippen LogP contribution in [0.2, 0.25) is 0 Å². The Bertz CT molecular complexity index is 1250. The summed E-state index contributed by atoms with van der Waals surface area (Å²) >= 11 is 0. The van der Waals surface area contributed by atoms with Crippen LogP contribution in [0.5, 0.6) is 0 Å². The van der Waals surface area contributed by atoms with Crippen LogP contribution < -0.4 is 0 Å². The Labute approximate surface area is 182 Å². The van der Waals surface area contributed by atoms with E-state index in [0.717, 1.165) is 42.2 Å². The van der Waals surface area contributed by atoms with Crippen molar-refractivity contribution in [3.05, 3.63) is 82.4 Å². The smallest absolute Gasteiger partial charge is 0.261 e. The van der Waals surface area contributed by atoms with Gasteiger partial charge < -0.3 is 0 Å². The lowest BCUT2D eigenvalue weighted by Gasteiger charge is -2.27. The van der Waals surface area contributed by atoms with Gasteiger partial charge in [0.1, 0.15) is 0 Å². The highest BCUT2D eigenvalue weighted by Crippen LogP contribution is 2.32. The van der Waals surface area contributed by atoms with E-state index in [4.69, 9.17) is 5.26 Å². The molecule has 0 unspecified atom stereocenters. The van der Waals surface area contributed by atoms with Crippen molar-refractivity contribution in [2.24, 2.45) is 0 Å². The number of hydrogen-bond acceptors (Lipinski definition) is 3. The van der Waals surface area contributed by atoms with Crippen LogP contribution in [-0.4, -0.2) is 23.3 Å². The number of amides is 2.